The maximum absolute atomic E-state index is 12.5. The van der Waals surface area contributed by atoms with Crippen LogP contribution in [0.2, 0.25) is 0 Å². The summed E-state index contributed by atoms with van der Waals surface area (Å²) in [5.74, 6) is -0.147. The Morgan fingerprint density at radius 2 is 1.89 bits per heavy atom. The summed E-state index contributed by atoms with van der Waals surface area (Å²) in [4.78, 5) is 30.8. The first-order valence-electron chi connectivity index (χ1n) is 9.57. The van der Waals surface area contributed by atoms with E-state index in [9.17, 15) is 9.59 Å². The van der Waals surface area contributed by atoms with E-state index < -0.39 is 5.60 Å². The standard InChI is InChI=1S/C21H27N3O3S/c1-21(2,3)27-20(26)24-11-9-16(10-12-24)22-19(25)17-14-28-18(23-17)13-15-7-5-4-6-8-15/h4-8,14,16H,9-13H2,1-3H3,(H,22,25). The van der Waals surface area contributed by atoms with Gasteiger partial charge in [-0.25, -0.2) is 9.78 Å². The second-order valence-electron chi connectivity index (χ2n) is 8.00. The fourth-order valence-corrected chi connectivity index (χ4v) is 3.87. The Bertz CT molecular complexity index is 806. The van der Waals surface area contributed by atoms with E-state index >= 15 is 0 Å². The zero-order chi connectivity index (χ0) is 20.1. The van der Waals surface area contributed by atoms with Crippen molar-refractivity contribution in [2.24, 2.45) is 0 Å². The van der Waals surface area contributed by atoms with E-state index in [1.165, 1.54) is 16.9 Å². The molecule has 1 aliphatic rings. The van der Waals surface area contributed by atoms with Crippen LogP contribution < -0.4 is 5.32 Å². The van der Waals surface area contributed by atoms with E-state index in [1.807, 2.05) is 44.4 Å². The van der Waals surface area contributed by atoms with Crippen LogP contribution in [-0.4, -0.2) is 46.6 Å². The molecule has 1 aromatic carbocycles. The van der Waals surface area contributed by atoms with Gasteiger partial charge in [0.15, 0.2) is 0 Å². The number of amides is 2. The topological polar surface area (TPSA) is 71.5 Å². The lowest BCUT2D eigenvalue weighted by Gasteiger charge is -2.33. The molecule has 0 bridgehead atoms. The SMILES string of the molecule is CC(C)(C)OC(=O)N1CCC(NC(=O)c2csc(Cc3ccccc3)n2)CC1. The molecule has 0 atom stereocenters. The number of nitrogens with zero attached hydrogens (tertiary/aromatic N) is 2. The second-order valence-corrected chi connectivity index (χ2v) is 8.95. The lowest BCUT2D eigenvalue weighted by molar-refractivity contribution is 0.0199. The molecule has 0 saturated carbocycles. The van der Waals surface area contributed by atoms with Gasteiger partial charge >= 0.3 is 6.09 Å². The van der Waals surface area contributed by atoms with Crippen LogP contribution in [0.15, 0.2) is 35.7 Å². The van der Waals surface area contributed by atoms with Crippen LogP contribution in [0.4, 0.5) is 4.79 Å². The first kappa shape index (κ1) is 20.3. The third-order valence-corrected chi connectivity index (χ3v) is 5.31. The predicted molar refractivity (Wildman–Crippen MR) is 110 cm³/mol. The highest BCUT2D eigenvalue weighted by molar-refractivity contribution is 7.09. The van der Waals surface area contributed by atoms with E-state index in [-0.39, 0.29) is 18.0 Å². The molecule has 0 radical (unpaired) electrons. The highest BCUT2D eigenvalue weighted by Crippen LogP contribution is 2.18. The largest absolute Gasteiger partial charge is 0.444 e. The number of thiazole rings is 1. The van der Waals surface area contributed by atoms with Gasteiger partial charge < -0.3 is 15.0 Å². The summed E-state index contributed by atoms with van der Waals surface area (Å²) in [6.45, 7) is 6.74. The number of carbonyl (C=O) groups is 2. The van der Waals surface area contributed by atoms with Crippen molar-refractivity contribution in [3.63, 3.8) is 0 Å². The molecule has 2 aromatic rings. The Morgan fingerprint density at radius 1 is 1.21 bits per heavy atom. The van der Waals surface area contributed by atoms with E-state index in [4.69, 9.17) is 4.74 Å². The minimum absolute atomic E-state index is 0.0467. The Balaban J connectivity index is 1.48. The Labute approximate surface area is 169 Å². The van der Waals surface area contributed by atoms with Crippen LogP contribution in [0.3, 0.4) is 0 Å². The maximum atomic E-state index is 12.5. The fraction of sp³-hybridized carbons (Fsp3) is 0.476. The van der Waals surface area contributed by atoms with Gasteiger partial charge in [0.05, 0.1) is 5.01 Å². The summed E-state index contributed by atoms with van der Waals surface area (Å²) in [7, 11) is 0. The molecule has 1 aliphatic heterocycles. The molecule has 1 fully saturated rings. The lowest BCUT2D eigenvalue weighted by Crippen LogP contribution is -2.47. The maximum Gasteiger partial charge on any atom is 0.410 e. The molecule has 150 valence electrons. The molecule has 1 aromatic heterocycles. The highest BCUT2D eigenvalue weighted by Gasteiger charge is 2.28. The molecule has 3 rings (SSSR count). The molecule has 6 nitrogen and oxygen atoms in total. The number of carbonyl (C=O) groups excluding carboxylic acids is 2. The molecule has 2 heterocycles. The fourth-order valence-electron chi connectivity index (χ4n) is 3.06. The molecule has 7 heteroatoms. The van der Waals surface area contributed by atoms with Gasteiger partial charge in [0, 0.05) is 30.9 Å². The van der Waals surface area contributed by atoms with E-state index in [1.54, 1.807) is 4.90 Å². The number of piperidine rings is 1. The van der Waals surface area contributed by atoms with Gasteiger partial charge in [-0.15, -0.1) is 11.3 Å². The number of nitrogens with one attached hydrogen (secondary N) is 1. The smallest absolute Gasteiger partial charge is 0.410 e. The van der Waals surface area contributed by atoms with E-state index in [0.717, 1.165) is 11.4 Å². The third-order valence-electron chi connectivity index (χ3n) is 4.46. The van der Waals surface area contributed by atoms with Crippen molar-refractivity contribution in [2.75, 3.05) is 13.1 Å². The Morgan fingerprint density at radius 3 is 2.54 bits per heavy atom. The summed E-state index contributed by atoms with van der Waals surface area (Å²) < 4.78 is 5.41. The second kappa shape index (κ2) is 8.73. The van der Waals surface area contributed by atoms with Crippen molar-refractivity contribution in [2.45, 2.75) is 51.7 Å². The molecule has 0 aliphatic carbocycles. The van der Waals surface area contributed by atoms with Crippen LogP contribution in [0.25, 0.3) is 0 Å². The van der Waals surface area contributed by atoms with Gasteiger partial charge in [0.2, 0.25) is 0 Å². The molecule has 0 spiro atoms. The van der Waals surface area contributed by atoms with Crippen LogP contribution >= 0.6 is 11.3 Å². The average molecular weight is 402 g/mol. The Hall–Kier alpha value is -2.41. The van der Waals surface area contributed by atoms with Crippen molar-refractivity contribution >= 4 is 23.3 Å². The molecule has 1 N–H and O–H groups in total. The summed E-state index contributed by atoms with van der Waals surface area (Å²) in [5, 5.41) is 5.78. The molecular weight excluding hydrogens is 374 g/mol. The summed E-state index contributed by atoms with van der Waals surface area (Å²) >= 11 is 1.50. The molecule has 0 unspecified atom stereocenters. The molecule has 1 saturated heterocycles. The van der Waals surface area contributed by atoms with Crippen LogP contribution in [0.1, 0.15) is 54.7 Å². The summed E-state index contributed by atoms with van der Waals surface area (Å²) in [5.41, 5.74) is 1.15. The van der Waals surface area contributed by atoms with E-state index in [0.29, 0.717) is 31.6 Å². The molecule has 2 amide bonds. The molecule has 28 heavy (non-hydrogen) atoms. The van der Waals surface area contributed by atoms with E-state index in [2.05, 4.69) is 22.4 Å². The normalized spacial score (nSPS) is 15.3. The minimum atomic E-state index is -0.496. The zero-order valence-corrected chi connectivity index (χ0v) is 17.4. The third kappa shape index (κ3) is 5.79. The number of likely N-dealkylation sites (tertiary alicyclic amines) is 1. The average Bonchev–Trinajstić information content (AvgIpc) is 3.10. The van der Waals surface area contributed by atoms with Crippen molar-refractivity contribution in [3.8, 4) is 0 Å². The first-order valence-corrected chi connectivity index (χ1v) is 10.5. The summed E-state index contributed by atoms with van der Waals surface area (Å²) in [6.07, 6.45) is 1.87. The quantitative estimate of drug-likeness (QED) is 0.844. The monoisotopic (exact) mass is 401 g/mol. The van der Waals surface area contributed by atoms with Crippen molar-refractivity contribution in [3.05, 3.63) is 52.0 Å². The van der Waals surface area contributed by atoms with Crippen molar-refractivity contribution < 1.29 is 14.3 Å². The summed E-state index contributed by atoms with van der Waals surface area (Å²) in [6, 6.07) is 10.1. The van der Waals surface area contributed by atoms with Gasteiger partial charge in [0.1, 0.15) is 11.3 Å². The van der Waals surface area contributed by atoms with Gasteiger partial charge in [-0.2, -0.15) is 0 Å². The number of hydrogen-bond donors (Lipinski definition) is 1. The van der Waals surface area contributed by atoms with Crippen LogP contribution in [0.5, 0.6) is 0 Å². The first-order chi connectivity index (χ1) is 13.3. The minimum Gasteiger partial charge on any atom is -0.444 e. The number of hydrogen-bond acceptors (Lipinski definition) is 5. The number of benzene rings is 1. The van der Waals surface area contributed by atoms with Gasteiger partial charge in [-0.05, 0) is 39.2 Å². The number of ether oxygens (including phenoxy) is 1. The van der Waals surface area contributed by atoms with Gasteiger partial charge in [0.25, 0.3) is 5.91 Å². The Kier molecular flexibility index (Phi) is 6.34. The highest BCUT2D eigenvalue weighted by atomic mass is 32.1. The van der Waals surface area contributed by atoms with Crippen LogP contribution in [0, 0.1) is 0 Å². The zero-order valence-electron chi connectivity index (χ0n) is 16.6. The van der Waals surface area contributed by atoms with Crippen LogP contribution in [-0.2, 0) is 11.2 Å². The van der Waals surface area contributed by atoms with Crippen molar-refractivity contribution in [1.29, 1.82) is 0 Å². The number of aromatic nitrogens is 1. The molecular formula is C21H27N3O3S. The van der Waals surface area contributed by atoms with Gasteiger partial charge in [-0.1, -0.05) is 30.3 Å². The predicted octanol–water partition coefficient (Wildman–Crippen LogP) is 3.86. The van der Waals surface area contributed by atoms with Crippen molar-refractivity contribution in [1.82, 2.24) is 15.2 Å². The lowest BCUT2D eigenvalue weighted by atomic mass is 10.1. The number of rotatable bonds is 4. The van der Waals surface area contributed by atoms with Gasteiger partial charge in [-0.3, -0.25) is 4.79 Å².